The molecule has 0 aromatic carbocycles. The first-order chi connectivity index (χ1) is 8.79. The number of sulfonamides is 1. The molecule has 0 aromatic rings. The van der Waals surface area contributed by atoms with Crippen LogP contribution in [0.1, 0.15) is 39.5 Å². The van der Waals surface area contributed by atoms with Crippen molar-refractivity contribution in [2.45, 2.75) is 50.3 Å². The molecule has 1 saturated carbocycles. The first-order valence-corrected chi connectivity index (χ1v) is 8.14. The largest absolute Gasteiger partial charge is 0.468 e. The minimum atomic E-state index is -3.78. The molecular formula is C12H24N2O4S. The van der Waals surface area contributed by atoms with E-state index in [9.17, 15) is 13.2 Å². The van der Waals surface area contributed by atoms with E-state index in [1.807, 2.05) is 6.92 Å². The Bertz CT molecular complexity index is 423. The second kappa shape index (κ2) is 6.19. The van der Waals surface area contributed by atoms with Crippen LogP contribution < -0.4 is 10.5 Å². The van der Waals surface area contributed by atoms with Gasteiger partial charge in [0, 0.05) is 12.1 Å². The SMILES string of the molecule is COC(=O)C(C)S(=O)(=O)NC1(CN)CCCCC1C. The van der Waals surface area contributed by atoms with Crippen molar-refractivity contribution in [3.8, 4) is 0 Å². The molecule has 3 N–H and O–H groups in total. The molecule has 1 fully saturated rings. The molecule has 0 aromatic heterocycles. The number of ether oxygens (including phenoxy) is 1. The van der Waals surface area contributed by atoms with Gasteiger partial charge in [-0.2, -0.15) is 0 Å². The van der Waals surface area contributed by atoms with E-state index in [1.165, 1.54) is 14.0 Å². The van der Waals surface area contributed by atoms with Gasteiger partial charge in [0.05, 0.1) is 7.11 Å². The highest BCUT2D eigenvalue weighted by Crippen LogP contribution is 2.33. The van der Waals surface area contributed by atoms with Gasteiger partial charge < -0.3 is 10.5 Å². The summed E-state index contributed by atoms with van der Waals surface area (Å²) in [6, 6.07) is 0. The Morgan fingerprint density at radius 3 is 2.63 bits per heavy atom. The molecule has 0 bridgehead atoms. The maximum Gasteiger partial charge on any atom is 0.325 e. The number of hydrogen-bond acceptors (Lipinski definition) is 5. The quantitative estimate of drug-likeness (QED) is 0.714. The van der Waals surface area contributed by atoms with Gasteiger partial charge in [-0.3, -0.25) is 4.79 Å². The van der Waals surface area contributed by atoms with E-state index >= 15 is 0 Å². The molecule has 0 aliphatic heterocycles. The molecule has 1 rings (SSSR count). The van der Waals surface area contributed by atoms with E-state index in [1.54, 1.807) is 0 Å². The fourth-order valence-electron chi connectivity index (χ4n) is 2.57. The lowest BCUT2D eigenvalue weighted by atomic mass is 9.74. The van der Waals surface area contributed by atoms with Crippen LogP contribution in [0.3, 0.4) is 0 Å². The minimum absolute atomic E-state index is 0.158. The fourth-order valence-corrected chi connectivity index (χ4v) is 4.05. The summed E-state index contributed by atoms with van der Waals surface area (Å²) in [6.07, 6.45) is 3.66. The third-order valence-corrected chi connectivity index (χ3v) is 5.98. The Morgan fingerprint density at radius 2 is 2.16 bits per heavy atom. The highest BCUT2D eigenvalue weighted by atomic mass is 32.2. The van der Waals surface area contributed by atoms with Crippen LogP contribution in [0.4, 0.5) is 0 Å². The van der Waals surface area contributed by atoms with E-state index < -0.39 is 26.8 Å². The number of rotatable bonds is 5. The van der Waals surface area contributed by atoms with Crippen molar-refractivity contribution in [3.63, 3.8) is 0 Å². The van der Waals surface area contributed by atoms with Gasteiger partial charge in [-0.15, -0.1) is 0 Å². The summed E-state index contributed by atoms with van der Waals surface area (Å²) < 4.78 is 31.6. The number of methoxy groups -OCH3 is 1. The van der Waals surface area contributed by atoms with E-state index in [0.717, 1.165) is 19.3 Å². The molecular weight excluding hydrogens is 268 g/mol. The zero-order valence-corrected chi connectivity index (χ0v) is 12.6. The van der Waals surface area contributed by atoms with Crippen molar-refractivity contribution in [2.75, 3.05) is 13.7 Å². The van der Waals surface area contributed by atoms with Crippen molar-refractivity contribution >= 4 is 16.0 Å². The molecule has 0 spiro atoms. The van der Waals surface area contributed by atoms with Gasteiger partial charge in [0.15, 0.2) is 5.25 Å². The molecule has 6 nitrogen and oxygen atoms in total. The number of nitrogens with two attached hydrogens (primary N) is 1. The van der Waals surface area contributed by atoms with Crippen molar-refractivity contribution in [1.29, 1.82) is 0 Å². The summed E-state index contributed by atoms with van der Waals surface area (Å²) in [5.74, 6) is -0.603. The summed E-state index contributed by atoms with van der Waals surface area (Å²) >= 11 is 0. The lowest BCUT2D eigenvalue weighted by Gasteiger charge is -2.42. The topological polar surface area (TPSA) is 98.5 Å². The van der Waals surface area contributed by atoms with Crippen molar-refractivity contribution < 1.29 is 17.9 Å². The molecule has 0 heterocycles. The third-order valence-electron chi connectivity index (χ3n) is 4.16. The van der Waals surface area contributed by atoms with Gasteiger partial charge in [-0.05, 0) is 25.7 Å². The van der Waals surface area contributed by atoms with Crippen LogP contribution >= 0.6 is 0 Å². The number of hydrogen-bond donors (Lipinski definition) is 2. The average Bonchev–Trinajstić information content (AvgIpc) is 2.39. The molecule has 1 aliphatic rings. The maximum atomic E-state index is 12.2. The number of carbonyl (C=O) groups is 1. The van der Waals surface area contributed by atoms with Gasteiger partial charge in [-0.25, -0.2) is 13.1 Å². The van der Waals surface area contributed by atoms with E-state index in [-0.39, 0.29) is 12.5 Å². The highest BCUT2D eigenvalue weighted by Gasteiger charge is 2.43. The van der Waals surface area contributed by atoms with Crippen LogP contribution in [0.2, 0.25) is 0 Å². The zero-order valence-electron chi connectivity index (χ0n) is 11.8. The molecule has 0 saturated heterocycles. The number of carbonyl (C=O) groups excluding carboxylic acids is 1. The first-order valence-electron chi connectivity index (χ1n) is 6.60. The Hall–Kier alpha value is -0.660. The van der Waals surface area contributed by atoms with Crippen molar-refractivity contribution in [1.82, 2.24) is 4.72 Å². The lowest BCUT2D eigenvalue weighted by Crippen LogP contribution is -2.60. The molecule has 0 radical (unpaired) electrons. The van der Waals surface area contributed by atoms with Crippen LogP contribution in [0.15, 0.2) is 0 Å². The summed E-state index contributed by atoms with van der Waals surface area (Å²) in [7, 11) is -2.60. The Labute approximate surface area is 115 Å². The van der Waals surface area contributed by atoms with Crippen molar-refractivity contribution in [2.24, 2.45) is 11.7 Å². The van der Waals surface area contributed by atoms with Crippen molar-refractivity contribution in [3.05, 3.63) is 0 Å². The van der Waals surface area contributed by atoms with Crippen LogP contribution in [0, 0.1) is 5.92 Å². The van der Waals surface area contributed by atoms with E-state index in [0.29, 0.717) is 6.42 Å². The third kappa shape index (κ3) is 3.46. The van der Waals surface area contributed by atoms with Crippen LogP contribution in [-0.2, 0) is 19.6 Å². The molecule has 112 valence electrons. The predicted molar refractivity (Wildman–Crippen MR) is 73.0 cm³/mol. The molecule has 7 heteroatoms. The zero-order chi connectivity index (χ0) is 14.7. The van der Waals surface area contributed by atoms with Crippen LogP contribution in [0.25, 0.3) is 0 Å². The summed E-state index contributed by atoms with van der Waals surface area (Å²) in [4.78, 5) is 11.4. The van der Waals surface area contributed by atoms with Gasteiger partial charge >= 0.3 is 5.97 Å². The predicted octanol–water partition coefficient (Wildman–Crippen LogP) is 0.375. The minimum Gasteiger partial charge on any atom is -0.468 e. The van der Waals surface area contributed by atoms with E-state index in [2.05, 4.69) is 9.46 Å². The van der Waals surface area contributed by atoms with Gasteiger partial charge in [0.1, 0.15) is 0 Å². The monoisotopic (exact) mass is 292 g/mol. The maximum absolute atomic E-state index is 12.2. The summed E-state index contributed by atoms with van der Waals surface area (Å²) in [5, 5.41) is -1.23. The molecule has 3 atom stereocenters. The molecule has 3 unspecified atom stereocenters. The lowest BCUT2D eigenvalue weighted by molar-refractivity contribution is -0.139. The highest BCUT2D eigenvalue weighted by molar-refractivity contribution is 7.90. The number of nitrogens with one attached hydrogen (secondary N) is 1. The fraction of sp³-hybridized carbons (Fsp3) is 0.917. The normalized spacial score (nSPS) is 29.8. The Kier molecular flexibility index (Phi) is 5.34. The molecule has 19 heavy (non-hydrogen) atoms. The summed E-state index contributed by atoms with van der Waals surface area (Å²) in [5.41, 5.74) is 5.16. The van der Waals surface area contributed by atoms with Crippen LogP contribution in [0.5, 0.6) is 0 Å². The van der Waals surface area contributed by atoms with E-state index in [4.69, 9.17) is 5.73 Å². The van der Waals surface area contributed by atoms with Gasteiger partial charge in [0.2, 0.25) is 10.0 Å². The summed E-state index contributed by atoms with van der Waals surface area (Å²) in [6.45, 7) is 3.56. The van der Waals surface area contributed by atoms with Gasteiger partial charge in [0.25, 0.3) is 0 Å². The standard InChI is InChI=1S/C12H24N2O4S/c1-9-6-4-5-7-12(9,8-13)14-19(16,17)10(2)11(15)18-3/h9-10,14H,4-8,13H2,1-3H3. The Morgan fingerprint density at radius 1 is 1.53 bits per heavy atom. The number of esters is 1. The second-order valence-electron chi connectivity index (χ2n) is 5.32. The molecule has 1 aliphatic carbocycles. The van der Waals surface area contributed by atoms with Crippen LogP contribution in [-0.4, -0.2) is 38.8 Å². The average molecular weight is 292 g/mol. The Balaban J connectivity index is 2.94. The first kappa shape index (κ1) is 16.4. The van der Waals surface area contributed by atoms with Gasteiger partial charge in [-0.1, -0.05) is 19.8 Å². The smallest absolute Gasteiger partial charge is 0.325 e. The second-order valence-corrected chi connectivity index (χ2v) is 7.32. The molecule has 0 amide bonds.